The first-order valence-corrected chi connectivity index (χ1v) is 9.15. The highest BCUT2D eigenvalue weighted by Gasteiger charge is 2.21. The highest BCUT2D eigenvalue weighted by Crippen LogP contribution is 2.30. The Hall–Kier alpha value is -3.06. The topological polar surface area (TPSA) is 116 Å². The van der Waals surface area contributed by atoms with E-state index in [-0.39, 0.29) is 17.1 Å². The molecule has 6 N–H and O–H groups in total. The molecule has 0 spiro atoms. The van der Waals surface area contributed by atoms with Gasteiger partial charge in [-0.2, -0.15) is 0 Å². The van der Waals surface area contributed by atoms with Gasteiger partial charge in [-0.05, 0) is 39.0 Å². The minimum absolute atomic E-state index is 0.200. The smallest absolute Gasteiger partial charge is 0.141 e. The standard InChI is InChI=1S/C20H24ClN7/c1-10(24-5)12-8-14-11(6-13(12)21)7-15(27-14)17(22)16-18(23)25-9-26-19(16)28-20(2,3)4/h6-9,22,24,27H,1H2,2-5H3,(H3,23,25,26,28). The molecule has 2 aromatic heterocycles. The van der Waals surface area contributed by atoms with Crippen molar-refractivity contribution >= 4 is 45.5 Å². The zero-order valence-corrected chi connectivity index (χ0v) is 17.1. The summed E-state index contributed by atoms with van der Waals surface area (Å²) in [6.45, 7) is 10.0. The summed E-state index contributed by atoms with van der Waals surface area (Å²) in [5.74, 6) is 0.763. The lowest BCUT2D eigenvalue weighted by atomic mass is 10.1. The normalized spacial score (nSPS) is 11.5. The zero-order chi connectivity index (χ0) is 20.6. The van der Waals surface area contributed by atoms with Gasteiger partial charge in [0.15, 0.2) is 0 Å². The van der Waals surface area contributed by atoms with E-state index >= 15 is 0 Å². The van der Waals surface area contributed by atoms with Gasteiger partial charge in [-0.3, -0.25) is 5.41 Å². The van der Waals surface area contributed by atoms with Crippen molar-refractivity contribution in [3.05, 3.63) is 52.9 Å². The van der Waals surface area contributed by atoms with Crippen LogP contribution in [0.3, 0.4) is 0 Å². The third kappa shape index (κ3) is 3.80. The van der Waals surface area contributed by atoms with Crippen LogP contribution in [-0.2, 0) is 0 Å². The second-order valence-corrected chi connectivity index (χ2v) is 7.97. The summed E-state index contributed by atoms with van der Waals surface area (Å²) in [6, 6.07) is 5.62. The summed E-state index contributed by atoms with van der Waals surface area (Å²) >= 11 is 6.39. The largest absolute Gasteiger partial charge is 0.388 e. The predicted octanol–water partition coefficient (Wildman–Crippen LogP) is 4.01. The average molecular weight is 398 g/mol. The van der Waals surface area contributed by atoms with Crippen molar-refractivity contribution in [2.45, 2.75) is 26.3 Å². The van der Waals surface area contributed by atoms with Crippen LogP contribution in [0.4, 0.5) is 11.6 Å². The molecule has 0 fully saturated rings. The molecule has 0 radical (unpaired) electrons. The summed E-state index contributed by atoms with van der Waals surface area (Å²) < 4.78 is 0. The number of rotatable bonds is 5. The van der Waals surface area contributed by atoms with E-state index in [0.717, 1.165) is 22.2 Å². The Morgan fingerprint density at radius 3 is 2.61 bits per heavy atom. The van der Waals surface area contributed by atoms with E-state index in [2.05, 4.69) is 32.2 Å². The fourth-order valence-corrected chi connectivity index (χ4v) is 3.17. The second kappa shape index (κ2) is 7.16. The van der Waals surface area contributed by atoms with Crippen LogP contribution in [0.1, 0.15) is 37.6 Å². The predicted molar refractivity (Wildman–Crippen MR) is 117 cm³/mol. The van der Waals surface area contributed by atoms with E-state index in [1.54, 1.807) is 7.05 Å². The monoisotopic (exact) mass is 397 g/mol. The van der Waals surface area contributed by atoms with Gasteiger partial charge in [0.1, 0.15) is 18.0 Å². The van der Waals surface area contributed by atoms with Crippen molar-refractivity contribution in [1.82, 2.24) is 20.3 Å². The zero-order valence-electron chi connectivity index (χ0n) is 16.4. The van der Waals surface area contributed by atoms with Crippen molar-refractivity contribution < 1.29 is 0 Å². The number of anilines is 2. The average Bonchev–Trinajstić information content (AvgIpc) is 3.01. The van der Waals surface area contributed by atoms with Gasteiger partial charge in [-0.15, -0.1) is 0 Å². The van der Waals surface area contributed by atoms with Crippen molar-refractivity contribution in [3.8, 4) is 0 Å². The van der Waals surface area contributed by atoms with Gasteiger partial charge in [0.25, 0.3) is 0 Å². The molecule has 0 aliphatic rings. The van der Waals surface area contributed by atoms with E-state index in [9.17, 15) is 0 Å². The Bertz CT molecular complexity index is 1080. The number of halogens is 1. The number of aromatic amines is 1. The number of hydrogen-bond acceptors (Lipinski definition) is 6. The Labute approximate surface area is 168 Å². The summed E-state index contributed by atoms with van der Waals surface area (Å²) in [5, 5.41) is 16.5. The third-order valence-electron chi connectivity index (χ3n) is 4.22. The van der Waals surface area contributed by atoms with Gasteiger partial charge in [-0.25, -0.2) is 9.97 Å². The van der Waals surface area contributed by atoms with Gasteiger partial charge in [0.2, 0.25) is 0 Å². The van der Waals surface area contributed by atoms with Gasteiger partial charge in [0, 0.05) is 34.8 Å². The number of hydrogen-bond donors (Lipinski definition) is 5. The molecule has 7 nitrogen and oxygen atoms in total. The molecule has 3 aromatic rings. The van der Waals surface area contributed by atoms with E-state index in [4.69, 9.17) is 22.7 Å². The molecule has 0 aliphatic heterocycles. The van der Waals surface area contributed by atoms with Crippen LogP contribution in [0.5, 0.6) is 0 Å². The van der Waals surface area contributed by atoms with Gasteiger partial charge in [0.05, 0.1) is 22.0 Å². The van der Waals surface area contributed by atoms with E-state index in [0.29, 0.717) is 22.1 Å². The highest BCUT2D eigenvalue weighted by atomic mass is 35.5. The Balaban J connectivity index is 2.09. The minimum atomic E-state index is -0.244. The highest BCUT2D eigenvalue weighted by molar-refractivity contribution is 6.33. The summed E-state index contributed by atoms with van der Waals surface area (Å²) in [5.41, 5.74) is 9.46. The molecule has 0 saturated heterocycles. The van der Waals surface area contributed by atoms with Gasteiger partial charge < -0.3 is 21.4 Å². The van der Waals surface area contributed by atoms with Crippen LogP contribution < -0.4 is 16.4 Å². The molecule has 2 heterocycles. The molecule has 146 valence electrons. The quantitative estimate of drug-likeness (QED) is 0.417. The number of nitrogens with two attached hydrogens (primary N) is 1. The first kappa shape index (κ1) is 19.7. The fraction of sp³-hybridized carbons (Fsp3) is 0.250. The van der Waals surface area contributed by atoms with E-state index in [1.165, 1.54) is 6.33 Å². The minimum Gasteiger partial charge on any atom is -0.388 e. The van der Waals surface area contributed by atoms with Gasteiger partial charge >= 0.3 is 0 Å². The molecule has 0 atom stereocenters. The van der Waals surface area contributed by atoms with Crippen molar-refractivity contribution in [2.75, 3.05) is 18.1 Å². The Morgan fingerprint density at radius 1 is 1.25 bits per heavy atom. The molecule has 28 heavy (non-hydrogen) atoms. The van der Waals surface area contributed by atoms with E-state index in [1.807, 2.05) is 39.0 Å². The van der Waals surface area contributed by atoms with Crippen molar-refractivity contribution in [1.29, 1.82) is 5.41 Å². The van der Waals surface area contributed by atoms with Crippen molar-refractivity contribution in [3.63, 3.8) is 0 Å². The fourth-order valence-electron chi connectivity index (χ4n) is 2.88. The van der Waals surface area contributed by atoms with Crippen LogP contribution in [0.15, 0.2) is 31.1 Å². The summed E-state index contributed by atoms with van der Waals surface area (Å²) in [4.78, 5) is 11.6. The lowest BCUT2D eigenvalue weighted by molar-refractivity contribution is 0.630. The van der Waals surface area contributed by atoms with E-state index < -0.39 is 0 Å². The Morgan fingerprint density at radius 2 is 1.96 bits per heavy atom. The first-order chi connectivity index (χ1) is 13.1. The lowest BCUT2D eigenvalue weighted by Crippen LogP contribution is -2.28. The third-order valence-corrected chi connectivity index (χ3v) is 4.54. The molecule has 0 bridgehead atoms. The maximum absolute atomic E-state index is 8.73. The number of nitrogen functional groups attached to an aromatic ring is 1. The molecular formula is C20H24ClN7. The van der Waals surface area contributed by atoms with Crippen LogP contribution >= 0.6 is 11.6 Å². The molecule has 0 aliphatic carbocycles. The summed E-state index contributed by atoms with van der Waals surface area (Å²) in [7, 11) is 1.79. The second-order valence-electron chi connectivity index (χ2n) is 7.56. The number of nitrogens with zero attached hydrogens (tertiary/aromatic N) is 2. The maximum Gasteiger partial charge on any atom is 0.141 e. The number of fused-ring (bicyclic) bond motifs is 1. The molecular weight excluding hydrogens is 374 g/mol. The van der Waals surface area contributed by atoms with Crippen LogP contribution in [0.25, 0.3) is 16.6 Å². The number of aromatic nitrogens is 3. The molecule has 0 amide bonds. The van der Waals surface area contributed by atoms with Crippen LogP contribution in [-0.4, -0.2) is 33.3 Å². The maximum atomic E-state index is 8.73. The molecule has 8 heteroatoms. The summed E-state index contributed by atoms with van der Waals surface area (Å²) in [6.07, 6.45) is 1.39. The number of H-pyrrole nitrogens is 1. The van der Waals surface area contributed by atoms with Gasteiger partial charge in [-0.1, -0.05) is 18.2 Å². The molecule has 0 saturated carbocycles. The molecule has 0 unspecified atom stereocenters. The van der Waals surface area contributed by atoms with Crippen LogP contribution in [0, 0.1) is 5.41 Å². The number of nitrogens with one attached hydrogen (secondary N) is 4. The SMILES string of the molecule is C=C(NC)c1cc2[nH]c(C(=N)c3c(N)ncnc3NC(C)(C)C)cc2cc1Cl. The first-order valence-electron chi connectivity index (χ1n) is 8.78. The number of benzene rings is 1. The Kier molecular flexibility index (Phi) is 5.04. The lowest BCUT2D eigenvalue weighted by Gasteiger charge is -2.23. The van der Waals surface area contributed by atoms with Crippen LogP contribution in [0.2, 0.25) is 5.02 Å². The molecule has 1 aromatic carbocycles. The molecule has 3 rings (SSSR count). The van der Waals surface area contributed by atoms with Crippen molar-refractivity contribution in [2.24, 2.45) is 0 Å².